The Morgan fingerprint density at radius 1 is 1.18 bits per heavy atom. The largest absolute Gasteiger partial charge is 0.430 e. The van der Waals surface area contributed by atoms with Gasteiger partial charge in [-0.15, -0.1) is 0 Å². The van der Waals surface area contributed by atoms with E-state index in [1.54, 1.807) is 0 Å². The van der Waals surface area contributed by atoms with Crippen molar-refractivity contribution in [3.63, 3.8) is 0 Å². The number of rotatable bonds is 6. The Hall–Kier alpha value is -0.610. The smallest absolute Gasteiger partial charge is 0.368 e. The minimum absolute atomic E-state index is 0.0801. The summed E-state index contributed by atoms with van der Waals surface area (Å²) in [6.07, 6.45) is -13.7. The van der Waals surface area contributed by atoms with E-state index >= 15 is 0 Å². The topological polar surface area (TPSA) is 41.5 Å². The molecule has 2 N–H and O–H groups in total. The summed E-state index contributed by atoms with van der Waals surface area (Å²) in [4.78, 5) is 0. The summed E-state index contributed by atoms with van der Waals surface area (Å²) in [5.41, 5.74) is -3.10. The van der Waals surface area contributed by atoms with Crippen molar-refractivity contribution in [2.75, 3.05) is 6.54 Å². The minimum Gasteiger partial charge on any atom is -0.368 e. The van der Waals surface area contributed by atoms with Crippen molar-refractivity contribution in [1.82, 2.24) is 5.32 Å². The maximum Gasteiger partial charge on any atom is 0.430 e. The summed E-state index contributed by atoms with van der Waals surface area (Å²) in [5.74, 6) is -0.485. The van der Waals surface area contributed by atoms with E-state index in [1.165, 1.54) is 0 Å². The lowest BCUT2D eigenvalue weighted by molar-refractivity contribution is -0.322. The SMILES string of the molecule is CC(O)(NCC1CCCC(OC(F)(F)C(F)F)C1)C(F)(F)F. The summed E-state index contributed by atoms with van der Waals surface area (Å²) >= 11 is 0. The lowest BCUT2D eigenvalue weighted by atomic mass is 9.87. The lowest BCUT2D eigenvalue weighted by Crippen LogP contribution is -2.55. The molecule has 1 saturated carbocycles. The first kappa shape index (κ1) is 19.4. The first-order valence-electron chi connectivity index (χ1n) is 6.73. The molecule has 0 radical (unpaired) electrons. The molecule has 0 bridgehead atoms. The summed E-state index contributed by atoms with van der Waals surface area (Å²) < 4.78 is 91.2. The van der Waals surface area contributed by atoms with E-state index in [1.807, 2.05) is 5.32 Å². The highest BCUT2D eigenvalue weighted by molar-refractivity contribution is 4.82. The number of nitrogens with one attached hydrogen (secondary N) is 1. The number of ether oxygens (including phenoxy) is 1. The molecule has 3 unspecified atom stereocenters. The van der Waals surface area contributed by atoms with Gasteiger partial charge in [0.1, 0.15) is 0 Å². The van der Waals surface area contributed by atoms with Gasteiger partial charge in [0.25, 0.3) is 0 Å². The molecule has 1 aliphatic carbocycles. The van der Waals surface area contributed by atoms with Crippen molar-refractivity contribution in [3.05, 3.63) is 0 Å². The van der Waals surface area contributed by atoms with Gasteiger partial charge in [-0.2, -0.15) is 22.0 Å². The molecule has 0 heterocycles. The van der Waals surface area contributed by atoms with Gasteiger partial charge in [-0.05, 0) is 32.1 Å². The molecular weight excluding hydrogens is 323 g/mol. The molecule has 0 saturated heterocycles. The number of hydrogen-bond donors (Lipinski definition) is 2. The molecule has 3 nitrogen and oxygen atoms in total. The molecule has 22 heavy (non-hydrogen) atoms. The van der Waals surface area contributed by atoms with Crippen LogP contribution in [0.4, 0.5) is 30.7 Å². The Bertz CT molecular complexity index is 360. The fraction of sp³-hybridized carbons (Fsp3) is 1.00. The van der Waals surface area contributed by atoms with Crippen LogP contribution in [-0.2, 0) is 4.74 Å². The van der Waals surface area contributed by atoms with E-state index in [-0.39, 0.29) is 19.4 Å². The highest BCUT2D eigenvalue weighted by atomic mass is 19.4. The van der Waals surface area contributed by atoms with E-state index < -0.39 is 36.5 Å². The van der Waals surface area contributed by atoms with E-state index in [2.05, 4.69) is 4.74 Å². The average Bonchev–Trinajstić information content (AvgIpc) is 2.35. The highest BCUT2D eigenvalue weighted by Gasteiger charge is 2.50. The molecule has 10 heteroatoms. The first-order chi connectivity index (χ1) is 9.85. The van der Waals surface area contributed by atoms with E-state index in [0.717, 1.165) is 0 Å². The molecule has 1 rings (SSSR count). The second-order valence-electron chi connectivity index (χ2n) is 5.59. The van der Waals surface area contributed by atoms with Crippen LogP contribution in [0.5, 0.6) is 0 Å². The van der Waals surface area contributed by atoms with Crippen molar-refractivity contribution in [1.29, 1.82) is 0 Å². The number of halogens is 7. The Morgan fingerprint density at radius 3 is 2.27 bits per heavy atom. The maximum absolute atomic E-state index is 12.8. The Morgan fingerprint density at radius 2 is 1.77 bits per heavy atom. The van der Waals surface area contributed by atoms with Gasteiger partial charge < -0.3 is 9.84 Å². The van der Waals surface area contributed by atoms with Gasteiger partial charge in [-0.1, -0.05) is 6.42 Å². The van der Waals surface area contributed by atoms with E-state index in [9.17, 15) is 35.8 Å². The number of aliphatic hydroxyl groups is 1. The van der Waals surface area contributed by atoms with Crippen LogP contribution < -0.4 is 5.32 Å². The molecule has 0 aliphatic heterocycles. The van der Waals surface area contributed by atoms with Gasteiger partial charge in [0.05, 0.1) is 6.10 Å². The zero-order chi connectivity index (χ0) is 17.2. The third-order valence-electron chi connectivity index (χ3n) is 3.60. The van der Waals surface area contributed by atoms with Crippen LogP contribution in [0, 0.1) is 5.92 Å². The van der Waals surface area contributed by atoms with E-state index in [4.69, 9.17) is 0 Å². The molecule has 132 valence electrons. The molecule has 0 spiro atoms. The zero-order valence-corrected chi connectivity index (χ0v) is 11.8. The summed E-state index contributed by atoms with van der Waals surface area (Å²) in [6.45, 7) is 0.251. The van der Waals surface area contributed by atoms with Crippen LogP contribution in [0.25, 0.3) is 0 Å². The predicted octanol–water partition coefficient (Wildman–Crippen LogP) is 3.28. The summed E-state index contributed by atoms with van der Waals surface area (Å²) in [5, 5.41) is 11.1. The molecule has 0 amide bonds. The quantitative estimate of drug-likeness (QED) is 0.575. The molecule has 1 fully saturated rings. The van der Waals surface area contributed by atoms with Gasteiger partial charge in [0.15, 0.2) is 0 Å². The predicted molar refractivity (Wildman–Crippen MR) is 62.5 cm³/mol. The second-order valence-corrected chi connectivity index (χ2v) is 5.59. The van der Waals surface area contributed by atoms with E-state index in [0.29, 0.717) is 19.8 Å². The molecule has 0 aromatic rings. The average molecular weight is 341 g/mol. The number of hydrogen-bond acceptors (Lipinski definition) is 3. The van der Waals surface area contributed by atoms with Gasteiger partial charge in [-0.25, -0.2) is 8.78 Å². The van der Waals surface area contributed by atoms with Crippen molar-refractivity contribution in [2.24, 2.45) is 5.92 Å². The van der Waals surface area contributed by atoms with Crippen LogP contribution in [-0.4, -0.2) is 42.2 Å². The van der Waals surface area contributed by atoms with Crippen molar-refractivity contribution >= 4 is 0 Å². The van der Waals surface area contributed by atoms with Crippen LogP contribution in [0.1, 0.15) is 32.6 Å². The minimum atomic E-state index is -4.89. The van der Waals surface area contributed by atoms with Gasteiger partial charge in [-0.3, -0.25) is 5.32 Å². The van der Waals surface area contributed by atoms with Crippen LogP contribution >= 0.6 is 0 Å². The van der Waals surface area contributed by atoms with Crippen molar-refractivity contribution in [2.45, 2.75) is 63.1 Å². The summed E-state index contributed by atoms with van der Waals surface area (Å²) in [6, 6.07) is 0. The fourth-order valence-corrected chi connectivity index (χ4v) is 2.25. The van der Waals surface area contributed by atoms with Gasteiger partial charge in [0.2, 0.25) is 5.72 Å². The van der Waals surface area contributed by atoms with Crippen LogP contribution in [0.3, 0.4) is 0 Å². The van der Waals surface area contributed by atoms with Crippen molar-refractivity contribution < 1.29 is 40.6 Å². The molecule has 0 aromatic heterocycles. The standard InChI is InChI=1S/C12H18F7NO2/c1-10(21,12(17,18)19)20-6-7-3-2-4-8(5-7)22-11(15,16)9(13)14/h7-9,20-21H,2-6H2,1H3. The van der Waals surface area contributed by atoms with Crippen LogP contribution in [0.2, 0.25) is 0 Å². The molecular formula is C12H18F7NO2. The Labute approximate surface area is 122 Å². The molecule has 0 aromatic carbocycles. The van der Waals surface area contributed by atoms with Crippen LogP contribution in [0.15, 0.2) is 0 Å². The third kappa shape index (κ3) is 5.24. The summed E-state index contributed by atoms with van der Waals surface area (Å²) in [7, 11) is 0. The maximum atomic E-state index is 12.8. The zero-order valence-electron chi connectivity index (χ0n) is 11.8. The monoisotopic (exact) mass is 341 g/mol. The first-order valence-corrected chi connectivity index (χ1v) is 6.73. The van der Waals surface area contributed by atoms with Gasteiger partial charge >= 0.3 is 18.7 Å². The Kier molecular flexibility index (Phi) is 6.07. The molecule has 3 atom stereocenters. The third-order valence-corrected chi connectivity index (χ3v) is 3.60. The Balaban J connectivity index is 2.51. The highest BCUT2D eigenvalue weighted by Crippen LogP contribution is 2.34. The van der Waals surface area contributed by atoms with Gasteiger partial charge in [0, 0.05) is 6.54 Å². The number of alkyl halides is 7. The fourth-order valence-electron chi connectivity index (χ4n) is 2.25. The van der Waals surface area contributed by atoms with Crippen molar-refractivity contribution in [3.8, 4) is 0 Å². The molecule has 1 aliphatic rings. The lowest BCUT2D eigenvalue weighted by Gasteiger charge is -2.34. The second kappa shape index (κ2) is 6.88. The normalized spacial score (nSPS) is 27.0.